The maximum atomic E-state index is 9.74. The van der Waals surface area contributed by atoms with Crippen molar-refractivity contribution in [3.8, 4) is 5.75 Å². The number of ether oxygens (including phenoxy) is 3. The number of anilines is 1. The van der Waals surface area contributed by atoms with Crippen molar-refractivity contribution in [1.82, 2.24) is 0 Å². The Balaban J connectivity index is 2.21. The Morgan fingerprint density at radius 2 is 1.95 bits per heavy atom. The van der Waals surface area contributed by atoms with Gasteiger partial charge in [0, 0.05) is 6.61 Å². The molecule has 0 bridgehead atoms. The van der Waals surface area contributed by atoms with Gasteiger partial charge in [0.2, 0.25) is 0 Å². The molecular formula is C14H23NO4. The third kappa shape index (κ3) is 6.42. The average Bonchev–Trinajstić information content (AvgIpc) is 2.42. The largest absolute Gasteiger partial charge is 0.489 e. The number of nitrogen functional groups attached to an aromatic ring is 1. The van der Waals surface area contributed by atoms with E-state index in [4.69, 9.17) is 19.9 Å². The summed E-state index contributed by atoms with van der Waals surface area (Å²) < 4.78 is 16.1. The van der Waals surface area contributed by atoms with E-state index in [1.165, 1.54) is 0 Å². The van der Waals surface area contributed by atoms with Gasteiger partial charge in [-0.25, -0.2) is 0 Å². The fourth-order valence-corrected chi connectivity index (χ4v) is 1.45. The van der Waals surface area contributed by atoms with E-state index in [2.05, 4.69) is 0 Å². The van der Waals surface area contributed by atoms with Gasteiger partial charge in [-0.3, -0.25) is 0 Å². The normalized spacial score (nSPS) is 14.1. The third-order valence-corrected chi connectivity index (χ3v) is 2.48. The zero-order valence-corrected chi connectivity index (χ0v) is 11.5. The summed E-state index contributed by atoms with van der Waals surface area (Å²) in [5.41, 5.74) is 6.29. The quantitative estimate of drug-likeness (QED) is 0.664. The Morgan fingerprint density at radius 1 is 1.21 bits per heavy atom. The molecule has 2 atom stereocenters. The smallest absolute Gasteiger partial charge is 0.142 e. The van der Waals surface area contributed by atoms with Crippen LogP contribution in [-0.2, 0) is 9.47 Å². The van der Waals surface area contributed by atoms with Gasteiger partial charge >= 0.3 is 0 Å². The van der Waals surface area contributed by atoms with Crippen LogP contribution < -0.4 is 10.5 Å². The lowest BCUT2D eigenvalue weighted by Gasteiger charge is -2.17. The van der Waals surface area contributed by atoms with Gasteiger partial charge in [-0.05, 0) is 26.0 Å². The van der Waals surface area contributed by atoms with Gasteiger partial charge in [0.1, 0.15) is 18.5 Å². The highest BCUT2D eigenvalue weighted by Gasteiger charge is 2.10. The van der Waals surface area contributed by atoms with Gasteiger partial charge < -0.3 is 25.1 Å². The van der Waals surface area contributed by atoms with Crippen molar-refractivity contribution in [3.63, 3.8) is 0 Å². The van der Waals surface area contributed by atoms with Crippen LogP contribution in [0.15, 0.2) is 24.3 Å². The molecule has 0 spiro atoms. The average molecular weight is 269 g/mol. The van der Waals surface area contributed by atoms with Crippen LogP contribution in [0.3, 0.4) is 0 Å². The van der Waals surface area contributed by atoms with E-state index in [0.717, 1.165) is 0 Å². The second-order valence-corrected chi connectivity index (χ2v) is 4.31. The van der Waals surface area contributed by atoms with Crippen molar-refractivity contribution < 1.29 is 19.3 Å². The fraction of sp³-hybridized carbons (Fsp3) is 0.571. The van der Waals surface area contributed by atoms with Crippen molar-refractivity contribution in [3.05, 3.63) is 24.3 Å². The highest BCUT2D eigenvalue weighted by Crippen LogP contribution is 2.19. The molecule has 0 aliphatic heterocycles. The topological polar surface area (TPSA) is 73.9 Å². The summed E-state index contributed by atoms with van der Waals surface area (Å²) in [6.07, 6.45) is -0.736. The van der Waals surface area contributed by atoms with Crippen LogP contribution in [0, 0.1) is 0 Å². The molecule has 1 aromatic carbocycles. The Hall–Kier alpha value is -1.30. The first-order valence-corrected chi connectivity index (χ1v) is 6.48. The van der Waals surface area contributed by atoms with Gasteiger partial charge in [-0.1, -0.05) is 12.1 Å². The summed E-state index contributed by atoms with van der Waals surface area (Å²) in [4.78, 5) is 0. The van der Waals surface area contributed by atoms with Crippen molar-refractivity contribution in [2.75, 3.05) is 32.2 Å². The molecule has 0 aromatic heterocycles. The number of aliphatic hydroxyl groups is 1. The van der Waals surface area contributed by atoms with Gasteiger partial charge in [0.25, 0.3) is 0 Å². The van der Waals surface area contributed by atoms with Crippen molar-refractivity contribution >= 4 is 5.69 Å². The minimum Gasteiger partial charge on any atom is -0.489 e. The van der Waals surface area contributed by atoms with Crippen LogP contribution >= 0.6 is 0 Å². The maximum absolute atomic E-state index is 9.74. The highest BCUT2D eigenvalue weighted by atomic mass is 16.5. The summed E-state index contributed by atoms with van der Waals surface area (Å²) in [5.74, 6) is 0.573. The summed E-state index contributed by atoms with van der Waals surface area (Å²) >= 11 is 0. The molecule has 0 saturated heterocycles. The molecule has 2 unspecified atom stereocenters. The van der Waals surface area contributed by atoms with Gasteiger partial charge in [-0.2, -0.15) is 0 Å². The van der Waals surface area contributed by atoms with Crippen LogP contribution in [0.25, 0.3) is 0 Å². The molecule has 5 nitrogen and oxygen atoms in total. The van der Waals surface area contributed by atoms with Crippen LogP contribution in [0.5, 0.6) is 5.75 Å². The lowest BCUT2D eigenvalue weighted by molar-refractivity contribution is -0.0479. The van der Waals surface area contributed by atoms with Crippen LogP contribution in [0.4, 0.5) is 5.69 Å². The number of hydrogen-bond acceptors (Lipinski definition) is 5. The second-order valence-electron chi connectivity index (χ2n) is 4.31. The number of hydrogen-bond donors (Lipinski definition) is 2. The standard InChI is InChI=1S/C14H23NO4/c1-3-17-8-11(2)18-9-12(16)10-19-14-7-5-4-6-13(14)15/h4-7,11-12,16H,3,8-10,15H2,1-2H3. The Labute approximate surface area is 114 Å². The zero-order valence-electron chi connectivity index (χ0n) is 11.5. The van der Waals surface area contributed by atoms with Crippen LogP contribution in [0.1, 0.15) is 13.8 Å². The molecule has 1 aromatic rings. The minimum atomic E-state index is -0.691. The van der Waals surface area contributed by atoms with Gasteiger partial charge in [0.05, 0.1) is 25.0 Å². The van der Waals surface area contributed by atoms with E-state index in [1.54, 1.807) is 12.1 Å². The van der Waals surface area contributed by atoms with E-state index in [1.807, 2.05) is 26.0 Å². The summed E-state index contributed by atoms with van der Waals surface area (Å²) in [7, 11) is 0. The number of para-hydroxylation sites is 2. The molecular weight excluding hydrogens is 246 g/mol. The first kappa shape index (κ1) is 15.8. The van der Waals surface area contributed by atoms with E-state index >= 15 is 0 Å². The first-order valence-electron chi connectivity index (χ1n) is 6.48. The van der Waals surface area contributed by atoms with E-state index in [9.17, 15) is 5.11 Å². The molecule has 0 fully saturated rings. The third-order valence-electron chi connectivity index (χ3n) is 2.48. The van der Waals surface area contributed by atoms with Crippen LogP contribution in [-0.4, -0.2) is 43.7 Å². The monoisotopic (exact) mass is 269 g/mol. The summed E-state index contributed by atoms with van der Waals surface area (Å²) in [6, 6.07) is 7.18. The number of benzene rings is 1. The lowest BCUT2D eigenvalue weighted by atomic mass is 10.3. The Kier molecular flexibility index (Phi) is 7.25. The van der Waals surface area contributed by atoms with Gasteiger partial charge in [0.15, 0.2) is 0 Å². The number of rotatable bonds is 9. The molecule has 3 N–H and O–H groups in total. The molecule has 108 valence electrons. The molecule has 0 aliphatic rings. The maximum Gasteiger partial charge on any atom is 0.142 e. The van der Waals surface area contributed by atoms with Crippen LogP contribution in [0.2, 0.25) is 0 Å². The molecule has 0 radical (unpaired) electrons. The van der Waals surface area contributed by atoms with E-state index in [-0.39, 0.29) is 19.3 Å². The van der Waals surface area contributed by atoms with Crippen molar-refractivity contribution in [1.29, 1.82) is 0 Å². The fourth-order valence-electron chi connectivity index (χ4n) is 1.45. The predicted octanol–water partition coefficient (Wildman–Crippen LogP) is 1.45. The minimum absolute atomic E-state index is 0.0450. The highest BCUT2D eigenvalue weighted by molar-refractivity contribution is 5.51. The van der Waals surface area contributed by atoms with Gasteiger partial charge in [-0.15, -0.1) is 0 Å². The number of nitrogens with two attached hydrogens (primary N) is 1. The molecule has 19 heavy (non-hydrogen) atoms. The lowest BCUT2D eigenvalue weighted by Crippen LogP contribution is -2.27. The Morgan fingerprint density at radius 3 is 2.63 bits per heavy atom. The molecule has 0 heterocycles. The first-order chi connectivity index (χ1) is 9.13. The number of aliphatic hydroxyl groups excluding tert-OH is 1. The van der Waals surface area contributed by atoms with Crippen molar-refractivity contribution in [2.24, 2.45) is 0 Å². The Bertz CT molecular complexity index is 359. The molecule has 0 aliphatic carbocycles. The molecule has 1 rings (SSSR count). The summed E-state index contributed by atoms with van der Waals surface area (Å²) in [6.45, 7) is 5.37. The second kappa shape index (κ2) is 8.74. The van der Waals surface area contributed by atoms with E-state index < -0.39 is 6.10 Å². The molecule has 5 heteroatoms. The molecule has 0 saturated carbocycles. The van der Waals surface area contributed by atoms with E-state index in [0.29, 0.717) is 24.7 Å². The SMILES string of the molecule is CCOCC(C)OCC(O)COc1ccccc1N. The van der Waals surface area contributed by atoms with Crippen molar-refractivity contribution in [2.45, 2.75) is 26.1 Å². The zero-order chi connectivity index (χ0) is 14.1. The predicted molar refractivity (Wildman–Crippen MR) is 74.3 cm³/mol. The molecule has 0 amide bonds. The summed E-state index contributed by atoms with van der Waals surface area (Å²) in [5, 5.41) is 9.74.